The van der Waals surface area contributed by atoms with Gasteiger partial charge in [0, 0.05) is 57.1 Å². The summed E-state index contributed by atoms with van der Waals surface area (Å²) in [6, 6.07) is 18.2. The van der Waals surface area contributed by atoms with Gasteiger partial charge in [0.15, 0.2) is 0 Å². The van der Waals surface area contributed by atoms with Gasteiger partial charge < -0.3 is 4.90 Å². The molecule has 5 heteroatoms. The number of carbonyl (C=O) groups excluding carboxylic acids is 1. The normalized spacial score (nSPS) is 15.1. The maximum absolute atomic E-state index is 12.8. The largest absolute Gasteiger partial charge is 0.336 e. The van der Waals surface area contributed by atoms with Crippen LogP contribution in [-0.4, -0.2) is 51.7 Å². The first-order valence-corrected chi connectivity index (χ1v) is 9.34. The summed E-state index contributed by atoms with van der Waals surface area (Å²) in [7, 11) is 1.93. The number of benzene rings is 2. The van der Waals surface area contributed by atoms with E-state index in [0.717, 1.165) is 43.9 Å². The van der Waals surface area contributed by atoms with Crippen LogP contribution in [0.3, 0.4) is 0 Å². The van der Waals surface area contributed by atoms with E-state index in [0.29, 0.717) is 0 Å². The summed E-state index contributed by atoms with van der Waals surface area (Å²) in [6.07, 6.45) is 3.96. The van der Waals surface area contributed by atoms with E-state index in [9.17, 15) is 4.79 Å². The van der Waals surface area contributed by atoms with E-state index in [4.69, 9.17) is 0 Å². The highest BCUT2D eigenvalue weighted by Gasteiger charge is 2.22. The molecule has 0 bridgehead atoms. The average Bonchev–Trinajstić information content (AvgIpc) is 3.13. The Hall–Kier alpha value is -2.92. The van der Waals surface area contributed by atoms with Crippen LogP contribution < -0.4 is 0 Å². The second-order valence-electron chi connectivity index (χ2n) is 7.03. The van der Waals surface area contributed by atoms with Crippen molar-refractivity contribution in [2.45, 2.75) is 6.54 Å². The van der Waals surface area contributed by atoms with E-state index >= 15 is 0 Å². The van der Waals surface area contributed by atoms with Crippen molar-refractivity contribution in [2.75, 3.05) is 26.2 Å². The van der Waals surface area contributed by atoms with Crippen LogP contribution in [0.4, 0.5) is 0 Å². The summed E-state index contributed by atoms with van der Waals surface area (Å²) in [4.78, 5) is 17.1. The Morgan fingerprint density at radius 2 is 1.59 bits per heavy atom. The molecule has 0 unspecified atom stereocenters. The Bertz CT molecular complexity index is 894. The van der Waals surface area contributed by atoms with Crippen molar-refractivity contribution in [1.29, 1.82) is 0 Å². The fourth-order valence-electron chi connectivity index (χ4n) is 3.54. The molecule has 0 N–H and O–H groups in total. The van der Waals surface area contributed by atoms with Crippen molar-refractivity contribution in [3.05, 3.63) is 78.1 Å². The zero-order chi connectivity index (χ0) is 18.6. The van der Waals surface area contributed by atoms with Crippen LogP contribution in [0, 0.1) is 0 Å². The van der Waals surface area contributed by atoms with E-state index in [2.05, 4.69) is 22.1 Å². The van der Waals surface area contributed by atoms with Crippen LogP contribution in [0.15, 0.2) is 67.0 Å². The van der Waals surface area contributed by atoms with Crippen LogP contribution in [0.2, 0.25) is 0 Å². The van der Waals surface area contributed by atoms with Gasteiger partial charge in [-0.05, 0) is 23.3 Å². The van der Waals surface area contributed by atoms with Gasteiger partial charge in [-0.1, -0.05) is 42.5 Å². The minimum absolute atomic E-state index is 0.121. The molecule has 4 rings (SSSR count). The molecule has 27 heavy (non-hydrogen) atoms. The summed E-state index contributed by atoms with van der Waals surface area (Å²) < 4.78 is 1.83. The first-order valence-electron chi connectivity index (χ1n) is 9.34. The van der Waals surface area contributed by atoms with Crippen molar-refractivity contribution < 1.29 is 4.79 Å². The summed E-state index contributed by atoms with van der Waals surface area (Å²) >= 11 is 0. The van der Waals surface area contributed by atoms with E-state index in [1.54, 1.807) is 0 Å². The molecule has 138 valence electrons. The van der Waals surface area contributed by atoms with Gasteiger partial charge >= 0.3 is 0 Å². The van der Waals surface area contributed by atoms with Crippen LogP contribution in [0.25, 0.3) is 11.1 Å². The molecule has 1 saturated heterocycles. The second-order valence-corrected chi connectivity index (χ2v) is 7.03. The van der Waals surface area contributed by atoms with Gasteiger partial charge in [0.1, 0.15) is 0 Å². The number of aryl methyl sites for hydroxylation is 1. The molecule has 0 atom stereocenters. The number of piperazine rings is 1. The van der Waals surface area contributed by atoms with Gasteiger partial charge in [0.05, 0.1) is 6.20 Å². The monoisotopic (exact) mass is 360 g/mol. The number of hydrogen-bond donors (Lipinski definition) is 0. The third-order valence-corrected chi connectivity index (χ3v) is 5.06. The third-order valence-electron chi connectivity index (χ3n) is 5.06. The molecule has 1 aliphatic heterocycles. The number of carbonyl (C=O) groups is 1. The summed E-state index contributed by atoms with van der Waals surface area (Å²) in [6.45, 7) is 4.20. The molecule has 2 heterocycles. The van der Waals surface area contributed by atoms with Crippen molar-refractivity contribution >= 4 is 5.91 Å². The minimum Gasteiger partial charge on any atom is -0.336 e. The Labute approximate surface area is 159 Å². The number of nitrogens with zero attached hydrogens (tertiary/aromatic N) is 4. The van der Waals surface area contributed by atoms with Crippen LogP contribution in [0.1, 0.15) is 15.9 Å². The van der Waals surface area contributed by atoms with Crippen LogP contribution in [-0.2, 0) is 13.6 Å². The molecule has 2 aromatic carbocycles. The molecular weight excluding hydrogens is 336 g/mol. The maximum atomic E-state index is 12.8. The molecule has 0 radical (unpaired) electrons. The lowest BCUT2D eigenvalue weighted by molar-refractivity contribution is 0.0628. The highest BCUT2D eigenvalue weighted by atomic mass is 16.2. The molecule has 0 saturated carbocycles. The molecule has 1 amide bonds. The quantitative estimate of drug-likeness (QED) is 0.718. The van der Waals surface area contributed by atoms with E-state index < -0.39 is 0 Å². The number of amides is 1. The maximum Gasteiger partial charge on any atom is 0.253 e. The molecule has 1 aromatic heterocycles. The van der Waals surface area contributed by atoms with Crippen LogP contribution in [0.5, 0.6) is 0 Å². The SMILES string of the molecule is Cn1cc(CN2CCN(C(=O)c3ccc(-c4ccccc4)cc3)CC2)cn1. The molecule has 1 aliphatic rings. The average molecular weight is 360 g/mol. The van der Waals surface area contributed by atoms with E-state index in [1.165, 1.54) is 11.1 Å². The lowest BCUT2D eigenvalue weighted by Gasteiger charge is -2.34. The third kappa shape index (κ3) is 4.09. The smallest absolute Gasteiger partial charge is 0.253 e. The number of aromatic nitrogens is 2. The van der Waals surface area contributed by atoms with Crippen molar-refractivity contribution in [3.63, 3.8) is 0 Å². The summed E-state index contributed by atoms with van der Waals surface area (Å²) in [5, 5.41) is 4.22. The molecule has 5 nitrogen and oxygen atoms in total. The van der Waals surface area contributed by atoms with E-state index in [1.807, 2.05) is 71.5 Å². The summed E-state index contributed by atoms with van der Waals surface area (Å²) in [5.74, 6) is 0.121. The van der Waals surface area contributed by atoms with Gasteiger partial charge in [-0.25, -0.2) is 0 Å². The molecular formula is C22H24N4O. The first-order chi connectivity index (χ1) is 13.2. The summed E-state index contributed by atoms with van der Waals surface area (Å²) in [5.41, 5.74) is 4.28. The fraction of sp³-hybridized carbons (Fsp3) is 0.273. The topological polar surface area (TPSA) is 41.4 Å². The van der Waals surface area contributed by atoms with Gasteiger partial charge in [0.25, 0.3) is 5.91 Å². The zero-order valence-corrected chi connectivity index (χ0v) is 15.6. The van der Waals surface area contributed by atoms with Crippen molar-refractivity contribution in [1.82, 2.24) is 19.6 Å². The Morgan fingerprint density at radius 3 is 2.22 bits per heavy atom. The molecule has 1 fully saturated rings. The second kappa shape index (κ2) is 7.76. The highest BCUT2D eigenvalue weighted by molar-refractivity contribution is 5.94. The predicted octanol–water partition coefficient (Wildman–Crippen LogP) is 3.05. The predicted molar refractivity (Wildman–Crippen MR) is 106 cm³/mol. The molecule has 3 aromatic rings. The number of rotatable bonds is 4. The van der Waals surface area contributed by atoms with Crippen molar-refractivity contribution in [2.24, 2.45) is 7.05 Å². The molecule has 0 spiro atoms. The Kier molecular flexibility index (Phi) is 5.03. The van der Waals surface area contributed by atoms with Gasteiger partial charge in [0.2, 0.25) is 0 Å². The minimum atomic E-state index is 0.121. The first kappa shape index (κ1) is 17.5. The van der Waals surface area contributed by atoms with Gasteiger partial charge in [-0.3, -0.25) is 14.4 Å². The van der Waals surface area contributed by atoms with E-state index in [-0.39, 0.29) is 5.91 Å². The Balaban J connectivity index is 1.35. The zero-order valence-electron chi connectivity index (χ0n) is 15.6. The highest BCUT2D eigenvalue weighted by Crippen LogP contribution is 2.20. The van der Waals surface area contributed by atoms with Gasteiger partial charge in [-0.15, -0.1) is 0 Å². The fourth-order valence-corrected chi connectivity index (χ4v) is 3.54. The van der Waals surface area contributed by atoms with Crippen LogP contribution >= 0.6 is 0 Å². The van der Waals surface area contributed by atoms with Crippen molar-refractivity contribution in [3.8, 4) is 11.1 Å². The Morgan fingerprint density at radius 1 is 0.926 bits per heavy atom. The molecule has 0 aliphatic carbocycles. The lowest BCUT2D eigenvalue weighted by atomic mass is 10.0. The lowest BCUT2D eigenvalue weighted by Crippen LogP contribution is -2.48. The number of hydrogen-bond acceptors (Lipinski definition) is 3. The standard InChI is InChI=1S/C22H24N4O/c1-24-16-18(15-23-24)17-25-11-13-26(14-12-25)22(27)21-9-7-20(8-10-21)19-5-3-2-4-6-19/h2-10,15-16H,11-14,17H2,1H3. The van der Waals surface area contributed by atoms with Gasteiger partial charge in [-0.2, -0.15) is 5.10 Å².